The number of anilines is 1. The smallest absolute Gasteiger partial charge is 0.234 e. The molecule has 1 unspecified atom stereocenters. The molecule has 0 bridgehead atoms. The molecule has 0 saturated heterocycles. The van der Waals surface area contributed by atoms with Crippen LogP contribution in [0.3, 0.4) is 0 Å². The van der Waals surface area contributed by atoms with Gasteiger partial charge in [-0.25, -0.2) is 0 Å². The van der Waals surface area contributed by atoms with Crippen molar-refractivity contribution in [2.75, 3.05) is 11.1 Å². The molecule has 0 spiro atoms. The van der Waals surface area contributed by atoms with Gasteiger partial charge in [0.2, 0.25) is 5.91 Å². The predicted molar refractivity (Wildman–Crippen MR) is 136 cm³/mol. The van der Waals surface area contributed by atoms with Crippen LogP contribution in [0.15, 0.2) is 53.7 Å². The summed E-state index contributed by atoms with van der Waals surface area (Å²) in [7, 11) is 0. The van der Waals surface area contributed by atoms with Crippen LogP contribution in [-0.2, 0) is 4.79 Å². The number of nitrogens with zero attached hydrogens (tertiary/aromatic N) is 3. The molecule has 2 aromatic carbocycles. The van der Waals surface area contributed by atoms with Crippen LogP contribution in [0, 0.1) is 0 Å². The molecule has 7 nitrogen and oxygen atoms in total. The number of hydrogen-bond acceptors (Lipinski definition) is 6. The number of hydrogen-bond donors (Lipinski definition) is 1. The Morgan fingerprint density at radius 1 is 1.03 bits per heavy atom. The maximum Gasteiger partial charge on any atom is 0.234 e. The zero-order chi connectivity index (χ0) is 24.8. The van der Waals surface area contributed by atoms with Crippen molar-refractivity contribution in [3.63, 3.8) is 0 Å². The van der Waals surface area contributed by atoms with Crippen molar-refractivity contribution >= 4 is 29.1 Å². The van der Waals surface area contributed by atoms with E-state index in [0.29, 0.717) is 28.1 Å². The lowest BCUT2D eigenvalue weighted by molar-refractivity contribution is -0.113. The SMILES string of the molecule is CC(=O)c1cccc(NC(=O)CSc2nnc(C(C)Oc3ccccc3C(C)C)n2C(C)C)c1. The monoisotopic (exact) mass is 480 g/mol. The van der Waals surface area contributed by atoms with E-state index >= 15 is 0 Å². The molecule has 0 fully saturated rings. The summed E-state index contributed by atoms with van der Waals surface area (Å²) < 4.78 is 8.30. The number of Topliss-reactive ketones (excluding diaryl/α,β-unsaturated/α-hetero) is 1. The predicted octanol–water partition coefficient (Wildman–Crippen LogP) is 6.06. The molecule has 3 rings (SSSR count). The Labute approximate surface area is 205 Å². The van der Waals surface area contributed by atoms with Gasteiger partial charge in [-0.3, -0.25) is 9.59 Å². The molecule has 0 aliphatic rings. The number of rotatable bonds is 10. The van der Waals surface area contributed by atoms with Gasteiger partial charge in [0.15, 0.2) is 22.9 Å². The zero-order valence-corrected chi connectivity index (χ0v) is 21.3. The summed E-state index contributed by atoms with van der Waals surface area (Å²) in [6, 6.07) is 15.0. The maximum atomic E-state index is 12.5. The van der Waals surface area contributed by atoms with Gasteiger partial charge in [0.1, 0.15) is 5.75 Å². The van der Waals surface area contributed by atoms with Gasteiger partial charge >= 0.3 is 0 Å². The molecular formula is C26H32N4O3S. The second-order valence-corrected chi connectivity index (χ2v) is 9.67. The average molecular weight is 481 g/mol. The Kier molecular flexibility index (Phi) is 8.50. The first kappa shape index (κ1) is 25.5. The third kappa shape index (κ3) is 6.26. The van der Waals surface area contributed by atoms with E-state index < -0.39 is 0 Å². The van der Waals surface area contributed by atoms with E-state index in [-0.39, 0.29) is 29.6 Å². The first-order valence-corrected chi connectivity index (χ1v) is 12.4. The number of para-hydroxylation sites is 1. The molecule has 180 valence electrons. The van der Waals surface area contributed by atoms with E-state index in [0.717, 1.165) is 11.3 Å². The second-order valence-electron chi connectivity index (χ2n) is 8.73. The number of carbonyl (C=O) groups is 2. The van der Waals surface area contributed by atoms with Crippen LogP contribution in [-0.4, -0.2) is 32.2 Å². The van der Waals surface area contributed by atoms with E-state index in [1.807, 2.05) is 29.7 Å². The van der Waals surface area contributed by atoms with E-state index in [1.165, 1.54) is 18.7 Å². The second kappa shape index (κ2) is 11.3. The summed E-state index contributed by atoms with van der Waals surface area (Å²) in [4.78, 5) is 24.1. The van der Waals surface area contributed by atoms with Gasteiger partial charge in [-0.1, -0.05) is 55.9 Å². The highest BCUT2D eigenvalue weighted by Crippen LogP contribution is 2.31. The maximum absolute atomic E-state index is 12.5. The summed E-state index contributed by atoms with van der Waals surface area (Å²) in [5.41, 5.74) is 2.29. The highest BCUT2D eigenvalue weighted by Gasteiger charge is 2.23. The van der Waals surface area contributed by atoms with E-state index in [1.54, 1.807) is 24.3 Å². The van der Waals surface area contributed by atoms with E-state index in [4.69, 9.17) is 4.74 Å². The minimum atomic E-state index is -0.313. The fraction of sp³-hybridized carbons (Fsp3) is 0.385. The highest BCUT2D eigenvalue weighted by molar-refractivity contribution is 7.99. The number of aromatic nitrogens is 3. The Hall–Kier alpha value is -3.13. The van der Waals surface area contributed by atoms with Crippen LogP contribution in [0.2, 0.25) is 0 Å². The van der Waals surface area contributed by atoms with Crippen molar-refractivity contribution in [2.24, 2.45) is 0 Å². The number of benzene rings is 2. The molecule has 0 aliphatic heterocycles. The van der Waals surface area contributed by atoms with Crippen LogP contribution in [0.5, 0.6) is 5.75 Å². The van der Waals surface area contributed by atoms with Gasteiger partial charge in [0.25, 0.3) is 0 Å². The average Bonchev–Trinajstić information content (AvgIpc) is 3.22. The lowest BCUT2D eigenvalue weighted by atomic mass is 10.0. The van der Waals surface area contributed by atoms with Crippen LogP contribution < -0.4 is 10.1 Å². The molecule has 0 aliphatic carbocycles. The minimum absolute atomic E-state index is 0.0459. The van der Waals surface area contributed by atoms with Crippen molar-refractivity contribution in [1.82, 2.24) is 14.8 Å². The van der Waals surface area contributed by atoms with Crippen molar-refractivity contribution < 1.29 is 14.3 Å². The Balaban J connectivity index is 1.71. The van der Waals surface area contributed by atoms with Gasteiger partial charge in [0, 0.05) is 17.3 Å². The summed E-state index contributed by atoms with van der Waals surface area (Å²) in [5.74, 6) is 1.83. The molecule has 1 heterocycles. The van der Waals surface area contributed by atoms with Crippen molar-refractivity contribution in [1.29, 1.82) is 0 Å². The molecule has 3 aromatic rings. The molecule has 1 atom stereocenters. The Bertz CT molecular complexity index is 1160. The summed E-state index contributed by atoms with van der Waals surface area (Å²) in [5, 5.41) is 12.2. The Morgan fingerprint density at radius 3 is 2.44 bits per heavy atom. The first-order valence-electron chi connectivity index (χ1n) is 11.4. The third-order valence-corrected chi connectivity index (χ3v) is 6.24. The van der Waals surface area contributed by atoms with Gasteiger partial charge in [-0.05, 0) is 57.4 Å². The van der Waals surface area contributed by atoms with Gasteiger partial charge in [-0.15, -0.1) is 10.2 Å². The van der Waals surface area contributed by atoms with Crippen molar-refractivity contribution in [3.05, 3.63) is 65.5 Å². The largest absolute Gasteiger partial charge is 0.482 e. The van der Waals surface area contributed by atoms with E-state index in [9.17, 15) is 9.59 Å². The number of nitrogens with one attached hydrogen (secondary N) is 1. The van der Waals surface area contributed by atoms with Crippen LogP contribution >= 0.6 is 11.8 Å². The van der Waals surface area contributed by atoms with Crippen LogP contribution in [0.4, 0.5) is 5.69 Å². The number of ketones is 1. The van der Waals surface area contributed by atoms with E-state index in [2.05, 4.69) is 49.3 Å². The fourth-order valence-corrected chi connectivity index (χ4v) is 4.47. The molecule has 0 radical (unpaired) electrons. The lowest BCUT2D eigenvalue weighted by Gasteiger charge is -2.21. The lowest BCUT2D eigenvalue weighted by Crippen LogP contribution is -2.17. The number of amides is 1. The molecule has 1 N–H and O–H groups in total. The number of carbonyl (C=O) groups excluding carboxylic acids is 2. The topological polar surface area (TPSA) is 86.1 Å². The summed E-state index contributed by atoms with van der Waals surface area (Å²) >= 11 is 1.32. The first-order chi connectivity index (χ1) is 16.2. The third-order valence-electron chi connectivity index (χ3n) is 5.30. The van der Waals surface area contributed by atoms with Gasteiger partial charge < -0.3 is 14.6 Å². The molecule has 34 heavy (non-hydrogen) atoms. The standard InChI is InChI=1S/C26H32N4O3S/c1-16(2)22-12-7-8-13-23(22)33-19(6)25-28-29-26(30(25)17(3)4)34-15-24(32)27-21-11-9-10-20(14-21)18(5)31/h7-14,16-17,19H,15H2,1-6H3,(H,27,32). The normalized spacial score (nSPS) is 12.1. The highest BCUT2D eigenvalue weighted by atomic mass is 32.2. The van der Waals surface area contributed by atoms with Crippen LogP contribution in [0.1, 0.15) is 81.4 Å². The number of ether oxygens (including phenoxy) is 1. The minimum Gasteiger partial charge on any atom is -0.482 e. The van der Waals surface area contributed by atoms with Crippen molar-refractivity contribution in [3.8, 4) is 5.75 Å². The molecule has 0 saturated carbocycles. The summed E-state index contributed by atoms with van der Waals surface area (Å²) in [6.07, 6.45) is -0.313. The molecule has 1 aromatic heterocycles. The quantitative estimate of drug-likeness (QED) is 0.281. The molecule has 8 heteroatoms. The molecule has 1 amide bonds. The Morgan fingerprint density at radius 2 is 1.76 bits per heavy atom. The fourth-order valence-electron chi connectivity index (χ4n) is 3.60. The number of thioether (sulfide) groups is 1. The van der Waals surface area contributed by atoms with Crippen molar-refractivity contribution in [2.45, 2.75) is 64.8 Å². The van der Waals surface area contributed by atoms with Crippen LogP contribution in [0.25, 0.3) is 0 Å². The van der Waals surface area contributed by atoms with Gasteiger partial charge in [-0.2, -0.15) is 0 Å². The summed E-state index contributed by atoms with van der Waals surface area (Å²) in [6.45, 7) is 11.8. The zero-order valence-electron chi connectivity index (χ0n) is 20.5. The molecular weight excluding hydrogens is 448 g/mol. The van der Waals surface area contributed by atoms with Gasteiger partial charge in [0.05, 0.1) is 5.75 Å².